The van der Waals surface area contributed by atoms with Crippen molar-refractivity contribution >= 4 is 17.4 Å². The van der Waals surface area contributed by atoms with Gasteiger partial charge >= 0.3 is 0 Å². The lowest BCUT2D eigenvalue weighted by molar-refractivity contribution is 0.0346. The summed E-state index contributed by atoms with van der Waals surface area (Å²) < 4.78 is 7.88. The molecule has 0 aliphatic carbocycles. The number of pyridine rings is 1. The van der Waals surface area contributed by atoms with E-state index in [4.69, 9.17) is 4.74 Å². The summed E-state index contributed by atoms with van der Waals surface area (Å²) in [5.74, 6) is 1.21. The summed E-state index contributed by atoms with van der Waals surface area (Å²) >= 11 is 2.08. The van der Waals surface area contributed by atoms with Crippen LogP contribution in [-0.4, -0.2) is 51.1 Å². The molecule has 2 aliphatic rings. The van der Waals surface area contributed by atoms with Gasteiger partial charge in [0.25, 0.3) is 0 Å². The average molecular weight is 303 g/mol. The van der Waals surface area contributed by atoms with Gasteiger partial charge in [0, 0.05) is 42.9 Å². The van der Waals surface area contributed by atoms with Crippen molar-refractivity contribution in [1.82, 2.24) is 14.3 Å². The van der Waals surface area contributed by atoms with E-state index in [-0.39, 0.29) is 0 Å². The van der Waals surface area contributed by atoms with Gasteiger partial charge in [0.2, 0.25) is 0 Å². The normalized spacial score (nSPS) is 26.9. The summed E-state index contributed by atoms with van der Waals surface area (Å²) in [5, 5.41) is 0.647. The summed E-state index contributed by atoms with van der Waals surface area (Å²) in [7, 11) is 0. The van der Waals surface area contributed by atoms with Gasteiger partial charge < -0.3 is 9.14 Å². The predicted octanol–water partition coefficient (Wildman–Crippen LogP) is 2.35. The minimum Gasteiger partial charge on any atom is -0.380 e. The first-order chi connectivity index (χ1) is 10.3. The van der Waals surface area contributed by atoms with Crippen LogP contribution in [0.4, 0.5) is 0 Å². The van der Waals surface area contributed by atoms with Gasteiger partial charge in [-0.3, -0.25) is 4.90 Å². The second kappa shape index (κ2) is 5.63. The Morgan fingerprint density at radius 3 is 3.38 bits per heavy atom. The molecule has 0 N–H and O–H groups in total. The zero-order valence-corrected chi connectivity index (χ0v) is 13.2. The van der Waals surface area contributed by atoms with E-state index < -0.39 is 0 Å². The Labute approximate surface area is 129 Å². The first kappa shape index (κ1) is 13.6. The molecule has 2 fully saturated rings. The Morgan fingerprint density at radius 2 is 2.43 bits per heavy atom. The maximum Gasteiger partial charge on any atom is 0.139 e. The SMILES string of the molecule is Cc1cccn2c(CN3CCS[C@@H]4COCC[C@H]43)cnc12. The van der Waals surface area contributed by atoms with E-state index >= 15 is 0 Å². The molecule has 5 heteroatoms. The number of imidazole rings is 1. The number of nitrogens with zero attached hydrogens (tertiary/aromatic N) is 3. The quantitative estimate of drug-likeness (QED) is 0.852. The van der Waals surface area contributed by atoms with Gasteiger partial charge in [0.05, 0.1) is 18.5 Å². The van der Waals surface area contributed by atoms with E-state index in [0.29, 0.717) is 11.3 Å². The molecule has 0 aromatic carbocycles. The van der Waals surface area contributed by atoms with Crippen LogP contribution in [0.25, 0.3) is 5.65 Å². The molecule has 2 aromatic heterocycles. The lowest BCUT2D eigenvalue weighted by Crippen LogP contribution is -2.51. The fourth-order valence-electron chi connectivity index (χ4n) is 3.49. The summed E-state index contributed by atoms with van der Waals surface area (Å²) in [4.78, 5) is 7.23. The molecule has 0 unspecified atom stereocenters. The van der Waals surface area contributed by atoms with E-state index in [1.807, 2.05) is 6.20 Å². The average Bonchev–Trinajstić information content (AvgIpc) is 2.92. The third-order valence-corrected chi connectivity index (χ3v) is 5.92. The highest BCUT2D eigenvalue weighted by Gasteiger charge is 2.34. The summed E-state index contributed by atoms with van der Waals surface area (Å²) in [6.45, 7) is 6.11. The fourth-order valence-corrected chi connectivity index (χ4v) is 4.85. The van der Waals surface area contributed by atoms with Crippen molar-refractivity contribution < 1.29 is 4.74 Å². The van der Waals surface area contributed by atoms with Crippen LogP contribution in [0.15, 0.2) is 24.5 Å². The van der Waals surface area contributed by atoms with Crippen molar-refractivity contribution in [3.8, 4) is 0 Å². The number of fused-ring (bicyclic) bond motifs is 2. The molecule has 0 saturated carbocycles. The van der Waals surface area contributed by atoms with E-state index in [1.54, 1.807) is 0 Å². The van der Waals surface area contributed by atoms with E-state index in [1.165, 1.54) is 23.6 Å². The predicted molar refractivity (Wildman–Crippen MR) is 85.8 cm³/mol. The smallest absolute Gasteiger partial charge is 0.139 e. The number of ether oxygens (including phenoxy) is 1. The fraction of sp³-hybridized carbons (Fsp3) is 0.562. The van der Waals surface area contributed by atoms with Gasteiger partial charge in [0.1, 0.15) is 5.65 Å². The molecule has 2 aliphatic heterocycles. The standard InChI is InChI=1S/C16H21N3OS/c1-12-3-2-5-19-13(9-17-16(12)19)10-18-6-8-21-15-11-20-7-4-14(15)18/h2-3,5,9,14-15H,4,6-8,10-11H2,1H3/t14-,15-/m1/s1. The first-order valence-electron chi connectivity index (χ1n) is 7.68. The van der Waals surface area contributed by atoms with Crippen LogP contribution in [0, 0.1) is 6.92 Å². The molecule has 4 nitrogen and oxygen atoms in total. The highest BCUT2D eigenvalue weighted by atomic mass is 32.2. The van der Waals surface area contributed by atoms with Gasteiger partial charge in [-0.15, -0.1) is 0 Å². The number of hydrogen-bond acceptors (Lipinski definition) is 4. The number of thioether (sulfide) groups is 1. The molecule has 21 heavy (non-hydrogen) atoms. The monoisotopic (exact) mass is 303 g/mol. The molecule has 0 amide bonds. The third kappa shape index (κ3) is 2.47. The Kier molecular flexibility index (Phi) is 3.65. The second-order valence-corrected chi connectivity index (χ2v) is 7.29. The molecule has 0 spiro atoms. The second-order valence-electron chi connectivity index (χ2n) is 5.95. The lowest BCUT2D eigenvalue weighted by atomic mass is 10.1. The number of rotatable bonds is 2. The Hall–Kier alpha value is -1.04. The maximum atomic E-state index is 5.64. The molecule has 4 heterocycles. The van der Waals surface area contributed by atoms with Crippen molar-refractivity contribution in [3.63, 3.8) is 0 Å². The van der Waals surface area contributed by atoms with Gasteiger partial charge in [0.15, 0.2) is 0 Å². The number of hydrogen-bond donors (Lipinski definition) is 0. The van der Waals surface area contributed by atoms with Crippen molar-refractivity contribution in [3.05, 3.63) is 35.8 Å². The molecule has 112 valence electrons. The van der Waals surface area contributed by atoms with Crippen LogP contribution < -0.4 is 0 Å². The van der Waals surface area contributed by atoms with E-state index in [9.17, 15) is 0 Å². The van der Waals surface area contributed by atoms with Crippen molar-refractivity contribution in [2.24, 2.45) is 0 Å². The van der Waals surface area contributed by atoms with Crippen LogP contribution in [0.5, 0.6) is 0 Å². The third-order valence-electron chi connectivity index (χ3n) is 4.62. The Morgan fingerprint density at radius 1 is 1.48 bits per heavy atom. The van der Waals surface area contributed by atoms with Gasteiger partial charge in [-0.05, 0) is 25.0 Å². The molecule has 0 radical (unpaired) electrons. The minimum absolute atomic E-state index is 0.647. The zero-order chi connectivity index (χ0) is 14.2. The highest BCUT2D eigenvalue weighted by Crippen LogP contribution is 2.31. The van der Waals surface area contributed by atoms with Crippen molar-refractivity contribution in [2.45, 2.75) is 31.2 Å². The van der Waals surface area contributed by atoms with Crippen LogP contribution >= 0.6 is 11.8 Å². The van der Waals surface area contributed by atoms with Crippen LogP contribution in [0.2, 0.25) is 0 Å². The highest BCUT2D eigenvalue weighted by molar-refractivity contribution is 8.00. The topological polar surface area (TPSA) is 29.8 Å². The first-order valence-corrected chi connectivity index (χ1v) is 8.73. The summed E-state index contributed by atoms with van der Waals surface area (Å²) in [6.07, 6.45) is 5.33. The van der Waals surface area contributed by atoms with Gasteiger partial charge in [-0.1, -0.05) is 6.07 Å². The summed E-state index contributed by atoms with van der Waals surface area (Å²) in [6, 6.07) is 4.89. The number of aryl methyl sites for hydroxylation is 1. The lowest BCUT2D eigenvalue weighted by Gasteiger charge is -2.43. The molecular formula is C16H21N3OS. The van der Waals surface area contributed by atoms with Crippen molar-refractivity contribution in [2.75, 3.05) is 25.5 Å². The van der Waals surface area contributed by atoms with Crippen LogP contribution in [0.3, 0.4) is 0 Å². The molecule has 0 bridgehead atoms. The van der Waals surface area contributed by atoms with E-state index in [0.717, 1.165) is 31.8 Å². The molecular weight excluding hydrogens is 282 g/mol. The van der Waals surface area contributed by atoms with E-state index in [2.05, 4.69) is 51.3 Å². The molecule has 2 aromatic rings. The largest absolute Gasteiger partial charge is 0.380 e. The molecule has 2 saturated heterocycles. The Bertz CT molecular complexity index is 639. The minimum atomic E-state index is 0.647. The maximum absolute atomic E-state index is 5.64. The van der Waals surface area contributed by atoms with Crippen LogP contribution in [-0.2, 0) is 11.3 Å². The van der Waals surface area contributed by atoms with Crippen LogP contribution in [0.1, 0.15) is 17.7 Å². The van der Waals surface area contributed by atoms with Gasteiger partial charge in [-0.2, -0.15) is 11.8 Å². The zero-order valence-electron chi connectivity index (χ0n) is 12.4. The Balaban J connectivity index is 1.60. The van der Waals surface area contributed by atoms with Gasteiger partial charge in [-0.25, -0.2) is 4.98 Å². The molecule has 2 atom stereocenters. The summed E-state index contributed by atoms with van der Waals surface area (Å²) in [5.41, 5.74) is 3.62. The number of aromatic nitrogens is 2. The molecule has 4 rings (SSSR count). The van der Waals surface area contributed by atoms with Crippen molar-refractivity contribution in [1.29, 1.82) is 0 Å².